The van der Waals surface area contributed by atoms with Gasteiger partial charge in [-0.3, -0.25) is 14.5 Å². The van der Waals surface area contributed by atoms with Gasteiger partial charge in [0.05, 0.1) is 12.5 Å². The second-order valence-electron chi connectivity index (χ2n) is 7.45. The number of nitriles is 1. The van der Waals surface area contributed by atoms with Crippen LogP contribution in [0.25, 0.3) is 0 Å². The maximum Gasteiger partial charge on any atom is 0.227 e. The van der Waals surface area contributed by atoms with Gasteiger partial charge in [0.15, 0.2) is 0 Å². The highest BCUT2D eigenvalue weighted by Gasteiger charge is 2.38. The first-order chi connectivity index (χ1) is 12.7. The second kappa shape index (κ2) is 7.08. The van der Waals surface area contributed by atoms with Crippen molar-refractivity contribution < 1.29 is 9.59 Å². The first-order valence-electron chi connectivity index (χ1n) is 9.48. The van der Waals surface area contributed by atoms with Crippen molar-refractivity contribution in [1.29, 1.82) is 5.26 Å². The fourth-order valence-electron chi connectivity index (χ4n) is 4.02. The van der Waals surface area contributed by atoms with E-state index in [2.05, 4.69) is 11.0 Å². The number of hydrogen-bond acceptors (Lipinski definition) is 4. The monoisotopic (exact) mass is 352 g/mol. The summed E-state index contributed by atoms with van der Waals surface area (Å²) >= 11 is 0. The molecule has 3 fully saturated rings. The molecule has 1 aromatic rings. The van der Waals surface area contributed by atoms with Crippen molar-refractivity contribution >= 4 is 17.5 Å². The summed E-state index contributed by atoms with van der Waals surface area (Å²) < 4.78 is 0. The Morgan fingerprint density at radius 2 is 2.08 bits per heavy atom. The van der Waals surface area contributed by atoms with E-state index in [0.717, 1.165) is 30.8 Å². The number of hydrogen-bond donors (Lipinski definition) is 0. The van der Waals surface area contributed by atoms with Crippen LogP contribution in [0.1, 0.15) is 31.2 Å². The van der Waals surface area contributed by atoms with Crippen molar-refractivity contribution in [3.63, 3.8) is 0 Å². The number of amides is 2. The molecule has 0 spiro atoms. The van der Waals surface area contributed by atoms with Crippen LogP contribution in [-0.4, -0.2) is 59.9 Å². The Morgan fingerprint density at radius 1 is 1.23 bits per heavy atom. The van der Waals surface area contributed by atoms with Crippen LogP contribution in [0, 0.1) is 11.3 Å². The van der Waals surface area contributed by atoms with E-state index in [-0.39, 0.29) is 17.9 Å². The van der Waals surface area contributed by atoms with Crippen LogP contribution in [0.2, 0.25) is 0 Å². The zero-order chi connectivity index (χ0) is 18.1. The number of anilines is 1. The Hall–Kier alpha value is -2.39. The highest BCUT2D eigenvalue weighted by Crippen LogP contribution is 2.30. The lowest BCUT2D eigenvalue weighted by molar-refractivity contribution is -0.133. The van der Waals surface area contributed by atoms with Crippen LogP contribution < -0.4 is 4.90 Å². The van der Waals surface area contributed by atoms with Gasteiger partial charge in [0.1, 0.15) is 6.04 Å². The number of piperazine rings is 1. The number of benzene rings is 1. The summed E-state index contributed by atoms with van der Waals surface area (Å²) in [6, 6.07) is 10.4. The summed E-state index contributed by atoms with van der Waals surface area (Å²) in [4.78, 5) is 30.5. The van der Waals surface area contributed by atoms with Gasteiger partial charge in [-0.15, -0.1) is 0 Å². The molecule has 2 aliphatic heterocycles. The largest absolute Gasteiger partial charge is 0.338 e. The quantitative estimate of drug-likeness (QED) is 0.825. The van der Waals surface area contributed by atoms with Gasteiger partial charge >= 0.3 is 0 Å². The minimum Gasteiger partial charge on any atom is -0.338 e. The molecule has 0 radical (unpaired) electrons. The molecule has 0 aromatic heterocycles. The van der Waals surface area contributed by atoms with E-state index in [1.807, 2.05) is 29.2 Å². The van der Waals surface area contributed by atoms with E-state index in [1.165, 1.54) is 12.8 Å². The molecule has 3 aliphatic rings. The second-order valence-corrected chi connectivity index (χ2v) is 7.45. The molecule has 1 atom stereocenters. The Labute approximate surface area is 154 Å². The molecule has 2 saturated heterocycles. The highest BCUT2D eigenvalue weighted by molar-refractivity contribution is 5.95. The zero-order valence-electron chi connectivity index (χ0n) is 14.9. The molecule has 1 aliphatic carbocycles. The van der Waals surface area contributed by atoms with Crippen molar-refractivity contribution in [2.45, 2.75) is 44.2 Å². The average molecular weight is 352 g/mol. The van der Waals surface area contributed by atoms with Crippen LogP contribution in [0.3, 0.4) is 0 Å². The van der Waals surface area contributed by atoms with Gasteiger partial charge in [-0.2, -0.15) is 5.26 Å². The minimum absolute atomic E-state index is 0.0607. The normalized spacial score (nSPS) is 24.0. The number of rotatable bonds is 4. The smallest absolute Gasteiger partial charge is 0.227 e. The molecular weight excluding hydrogens is 328 g/mol. The minimum atomic E-state index is -0.186. The Balaban J connectivity index is 1.40. The summed E-state index contributed by atoms with van der Waals surface area (Å²) in [6.45, 7) is 2.73. The van der Waals surface area contributed by atoms with Crippen molar-refractivity contribution in [1.82, 2.24) is 9.80 Å². The van der Waals surface area contributed by atoms with Crippen LogP contribution in [-0.2, 0) is 16.0 Å². The molecule has 2 heterocycles. The molecule has 2 amide bonds. The topological polar surface area (TPSA) is 67.6 Å². The molecule has 0 bridgehead atoms. The number of carbonyl (C=O) groups excluding carboxylic acids is 2. The van der Waals surface area contributed by atoms with Crippen LogP contribution in [0.5, 0.6) is 0 Å². The van der Waals surface area contributed by atoms with E-state index in [9.17, 15) is 14.9 Å². The molecule has 1 unspecified atom stereocenters. The first-order valence-corrected chi connectivity index (χ1v) is 9.48. The molecule has 0 N–H and O–H groups in total. The molecular formula is C20H24N4O2. The maximum absolute atomic E-state index is 12.7. The summed E-state index contributed by atoms with van der Waals surface area (Å²) in [5.74, 6) is 0.215. The lowest BCUT2D eigenvalue weighted by atomic mass is 10.1. The van der Waals surface area contributed by atoms with Crippen molar-refractivity contribution in [2.75, 3.05) is 31.1 Å². The summed E-state index contributed by atoms with van der Waals surface area (Å²) in [5, 5.41) is 9.44. The predicted octanol–water partition coefficient (Wildman–Crippen LogP) is 1.55. The summed E-state index contributed by atoms with van der Waals surface area (Å²) in [5.41, 5.74) is 1.80. The van der Waals surface area contributed by atoms with E-state index in [0.29, 0.717) is 32.0 Å². The highest BCUT2D eigenvalue weighted by atomic mass is 16.2. The van der Waals surface area contributed by atoms with Gasteiger partial charge < -0.3 is 9.80 Å². The van der Waals surface area contributed by atoms with Gasteiger partial charge in [-0.05, 0) is 37.0 Å². The van der Waals surface area contributed by atoms with Crippen molar-refractivity contribution in [3.05, 3.63) is 29.8 Å². The third-order valence-corrected chi connectivity index (χ3v) is 5.59. The Morgan fingerprint density at radius 3 is 2.77 bits per heavy atom. The molecule has 6 nitrogen and oxygen atoms in total. The van der Waals surface area contributed by atoms with Gasteiger partial charge in [0, 0.05) is 44.3 Å². The average Bonchev–Trinajstić information content (AvgIpc) is 3.42. The third kappa shape index (κ3) is 3.45. The molecule has 1 aromatic carbocycles. The van der Waals surface area contributed by atoms with E-state index in [1.54, 1.807) is 4.90 Å². The molecule has 4 rings (SSSR count). The fraction of sp³-hybridized carbons (Fsp3) is 0.550. The Kier molecular flexibility index (Phi) is 4.64. The molecule has 6 heteroatoms. The van der Waals surface area contributed by atoms with E-state index in [4.69, 9.17) is 0 Å². The third-order valence-electron chi connectivity index (χ3n) is 5.59. The lowest BCUT2D eigenvalue weighted by Crippen LogP contribution is -2.55. The predicted molar refractivity (Wildman–Crippen MR) is 97.4 cm³/mol. The van der Waals surface area contributed by atoms with E-state index < -0.39 is 0 Å². The van der Waals surface area contributed by atoms with Crippen molar-refractivity contribution in [2.24, 2.45) is 0 Å². The lowest BCUT2D eigenvalue weighted by Gasteiger charge is -2.38. The maximum atomic E-state index is 12.7. The standard InChI is InChI=1S/C20H24N4O2/c21-13-18-14-22(9-10-23(18)16-6-7-16)20(26)12-15-3-1-4-17(11-15)24-8-2-5-19(24)25/h1,3-4,11,16,18H,2,5-10,12,14H2. The molecule has 26 heavy (non-hydrogen) atoms. The van der Waals surface area contributed by atoms with Crippen LogP contribution in [0.4, 0.5) is 5.69 Å². The summed E-state index contributed by atoms with van der Waals surface area (Å²) in [7, 11) is 0. The van der Waals surface area contributed by atoms with Crippen LogP contribution in [0.15, 0.2) is 24.3 Å². The molecule has 1 saturated carbocycles. The van der Waals surface area contributed by atoms with Gasteiger partial charge in [0.2, 0.25) is 11.8 Å². The number of carbonyl (C=O) groups is 2. The molecule has 136 valence electrons. The van der Waals surface area contributed by atoms with Crippen LogP contribution >= 0.6 is 0 Å². The summed E-state index contributed by atoms with van der Waals surface area (Å²) in [6.07, 6.45) is 4.16. The van der Waals surface area contributed by atoms with Gasteiger partial charge in [-0.25, -0.2) is 0 Å². The number of nitrogens with zero attached hydrogens (tertiary/aromatic N) is 4. The van der Waals surface area contributed by atoms with Crippen molar-refractivity contribution in [3.8, 4) is 6.07 Å². The fourth-order valence-corrected chi connectivity index (χ4v) is 4.02. The first kappa shape index (κ1) is 17.0. The Bertz CT molecular complexity index is 752. The SMILES string of the molecule is N#CC1CN(C(=O)Cc2cccc(N3CCCC3=O)c2)CCN1C1CC1. The zero-order valence-corrected chi connectivity index (χ0v) is 14.9. The van der Waals surface area contributed by atoms with Gasteiger partial charge in [-0.1, -0.05) is 12.1 Å². The van der Waals surface area contributed by atoms with Gasteiger partial charge in [0.25, 0.3) is 0 Å². The van der Waals surface area contributed by atoms with E-state index >= 15 is 0 Å².